The largest absolute Gasteiger partial charge is 0.357 e. The van der Waals surface area contributed by atoms with Crippen molar-refractivity contribution < 1.29 is 0 Å². The molecule has 0 bridgehead atoms. The minimum absolute atomic E-state index is 0. The van der Waals surface area contributed by atoms with Crippen molar-refractivity contribution in [2.24, 2.45) is 10.9 Å². The minimum Gasteiger partial charge on any atom is -0.357 e. The lowest BCUT2D eigenvalue weighted by molar-refractivity contribution is 0.481. The van der Waals surface area contributed by atoms with E-state index in [0.29, 0.717) is 18.5 Å². The molecule has 0 aliphatic rings. The van der Waals surface area contributed by atoms with Crippen LogP contribution in [0.2, 0.25) is 0 Å². The van der Waals surface area contributed by atoms with Gasteiger partial charge >= 0.3 is 0 Å². The maximum Gasteiger partial charge on any atom is 0.191 e. The van der Waals surface area contributed by atoms with E-state index in [1.807, 2.05) is 18.5 Å². The molecule has 0 radical (unpaired) electrons. The number of hydrogen-bond acceptors (Lipinski definition) is 2. The van der Waals surface area contributed by atoms with E-state index in [9.17, 15) is 0 Å². The summed E-state index contributed by atoms with van der Waals surface area (Å²) in [4.78, 5) is 9.20. The monoisotopic (exact) mass is 469 g/mol. The molecule has 26 heavy (non-hydrogen) atoms. The fourth-order valence-corrected chi connectivity index (χ4v) is 2.46. The first-order valence-corrected chi connectivity index (χ1v) is 9.19. The molecule has 0 fully saturated rings. The Kier molecular flexibility index (Phi) is 10.3. The van der Waals surface area contributed by atoms with Gasteiger partial charge in [0.05, 0.1) is 0 Å². The van der Waals surface area contributed by atoms with E-state index in [0.717, 1.165) is 31.3 Å². The first-order chi connectivity index (χ1) is 12.1. The highest BCUT2D eigenvalue weighted by Gasteiger charge is 2.09. The second-order valence-corrected chi connectivity index (χ2v) is 6.64. The quantitative estimate of drug-likeness (QED) is 0.352. The zero-order valence-corrected chi connectivity index (χ0v) is 18.6. The number of halogens is 1. The third-order valence-electron chi connectivity index (χ3n) is 4.31. The van der Waals surface area contributed by atoms with Crippen LogP contribution in [0.5, 0.6) is 0 Å². The van der Waals surface area contributed by atoms with Gasteiger partial charge in [-0.2, -0.15) is 0 Å². The predicted octanol–water partition coefficient (Wildman–Crippen LogP) is 3.69. The lowest BCUT2D eigenvalue weighted by atomic mass is 10.1. The second-order valence-electron chi connectivity index (χ2n) is 6.64. The number of aliphatic imine (C=N–C) groups is 1. The molecule has 0 spiro atoms. The summed E-state index contributed by atoms with van der Waals surface area (Å²) in [5, 5.41) is 6.78. The van der Waals surface area contributed by atoms with Crippen LogP contribution in [0.15, 0.2) is 47.7 Å². The number of benzene rings is 1. The smallest absolute Gasteiger partial charge is 0.191 e. The topological polar surface area (TPSA) is 54.2 Å². The van der Waals surface area contributed by atoms with Crippen molar-refractivity contribution in [3.63, 3.8) is 0 Å². The number of rotatable bonds is 8. The summed E-state index contributed by atoms with van der Waals surface area (Å²) in [6, 6.07) is 10.9. The number of guanidine groups is 1. The van der Waals surface area contributed by atoms with E-state index < -0.39 is 0 Å². The molecule has 2 N–H and O–H groups in total. The van der Waals surface area contributed by atoms with Crippen LogP contribution in [-0.4, -0.2) is 34.6 Å². The van der Waals surface area contributed by atoms with Crippen molar-refractivity contribution in [3.8, 4) is 0 Å². The van der Waals surface area contributed by atoms with E-state index in [2.05, 4.69) is 72.1 Å². The van der Waals surface area contributed by atoms with Gasteiger partial charge in [-0.15, -0.1) is 24.0 Å². The van der Waals surface area contributed by atoms with Crippen LogP contribution in [0.25, 0.3) is 0 Å². The number of nitrogens with zero attached hydrogens (tertiary/aromatic N) is 3. The molecule has 144 valence electrons. The molecule has 5 nitrogen and oxygen atoms in total. The number of imidazole rings is 1. The van der Waals surface area contributed by atoms with Gasteiger partial charge in [-0.3, -0.25) is 4.99 Å². The van der Waals surface area contributed by atoms with Gasteiger partial charge in [0.2, 0.25) is 0 Å². The molecule has 1 unspecified atom stereocenters. The summed E-state index contributed by atoms with van der Waals surface area (Å²) in [7, 11) is 0. The fraction of sp³-hybridized carbons (Fsp3) is 0.500. The van der Waals surface area contributed by atoms with E-state index >= 15 is 0 Å². The van der Waals surface area contributed by atoms with Gasteiger partial charge in [-0.1, -0.05) is 44.2 Å². The first kappa shape index (κ1) is 22.5. The number of nitrogens with one attached hydrogen (secondary N) is 2. The van der Waals surface area contributed by atoms with Crippen molar-refractivity contribution in [2.75, 3.05) is 13.1 Å². The van der Waals surface area contributed by atoms with Crippen LogP contribution >= 0.6 is 24.0 Å². The number of hydrogen-bond donors (Lipinski definition) is 2. The van der Waals surface area contributed by atoms with Crippen LogP contribution in [-0.2, 0) is 13.0 Å². The van der Waals surface area contributed by atoms with Crippen LogP contribution in [0.4, 0.5) is 0 Å². The normalized spacial score (nSPS) is 12.6. The molecule has 1 aromatic carbocycles. The number of aromatic nitrogens is 2. The summed E-state index contributed by atoms with van der Waals surface area (Å²) in [5.41, 5.74) is 1.28. The SMILES string of the molecule is CCNC(=NCCc1nccn1Cc1ccccc1)NC(C)C(C)C.I. The molecule has 0 saturated carbocycles. The maximum absolute atomic E-state index is 4.70. The third kappa shape index (κ3) is 7.35. The molecule has 1 aromatic heterocycles. The van der Waals surface area contributed by atoms with Crippen LogP contribution in [0.1, 0.15) is 39.1 Å². The van der Waals surface area contributed by atoms with Crippen molar-refractivity contribution in [2.45, 2.75) is 46.7 Å². The molecular weight excluding hydrogens is 437 g/mol. The first-order valence-electron chi connectivity index (χ1n) is 9.19. The molecule has 0 amide bonds. The highest BCUT2D eigenvalue weighted by Crippen LogP contribution is 2.06. The van der Waals surface area contributed by atoms with Crippen LogP contribution in [0, 0.1) is 5.92 Å². The van der Waals surface area contributed by atoms with Gasteiger partial charge in [-0.05, 0) is 25.3 Å². The van der Waals surface area contributed by atoms with Gasteiger partial charge in [0, 0.05) is 44.5 Å². The summed E-state index contributed by atoms with van der Waals surface area (Å²) in [5.74, 6) is 2.51. The molecule has 2 aromatic rings. The lowest BCUT2D eigenvalue weighted by Crippen LogP contribution is -2.44. The summed E-state index contributed by atoms with van der Waals surface area (Å²) < 4.78 is 2.20. The fourth-order valence-electron chi connectivity index (χ4n) is 2.46. The van der Waals surface area contributed by atoms with Crippen molar-refractivity contribution in [1.29, 1.82) is 0 Å². The average Bonchev–Trinajstić information content (AvgIpc) is 3.03. The van der Waals surface area contributed by atoms with Crippen LogP contribution < -0.4 is 10.6 Å². The molecular formula is C20H32IN5. The Bertz CT molecular complexity index is 651. The minimum atomic E-state index is 0. The zero-order chi connectivity index (χ0) is 18.1. The molecule has 1 heterocycles. The summed E-state index contributed by atoms with van der Waals surface area (Å²) >= 11 is 0. The highest BCUT2D eigenvalue weighted by atomic mass is 127. The van der Waals surface area contributed by atoms with E-state index in [1.165, 1.54) is 5.56 Å². The Balaban J connectivity index is 0.00000338. The Morgan fingerprint density at radius 2 is 1.92 bits per heavy atom. The van der Waals surface area contributed by atoms with Gasteiger partial charge in [0.25, 0.3) is 0 Å². The Morgan fingerprint density at radius 1 is 1.19 bits per heavy atom. The Labute approximate surface area is 174 Å². The van der Waals surface area contributed by atoms with Crippen molar-refractivity contribution >= 4 is 29.9 Å². The third-order valence-corrected chi connectivity index (χ3v) is 4.31. The van der Waals surface area contributed by atoms with Gasteiger partial charge < -0.3 is 15.2 Å². The lowest BCUT2D eigenvalue weighted by Gasteiger charge is -2.20. The predicted molar refractivity (Wildman–Crippen MR) is 120 cm³/mol. The maximum atomic E-state index is 4.70. The highest BCUT2D eigenvalue weighted by molar-refractivity contribution is 14.0. The van der Waals surface area contributed by atoms with Gasteiger partial charge in [0.15, 0.2) is 5.96 Å². The Hall–Kier alpha value is -1.57. The van der Waals surface area contributed by atoms with E-state index in [-0.39, 0.29) is 24.0 Å². The molecule has 0 aliphatic heterocycles. The molecule has 0 saturated heterocycles. The standard InChI is InChI=1S/C20H31N5.HI/c1-5-21-20(24-17(4)16(2)3)23-12-11-19-22-13-14-25(19)15-18-9-7-6-8-10-18;/h6-10,13-14,16-17H,5,11-12,15H2,1-4H3,(H2,21,23,24);1H. The molecule has 0 aliphatic carbocycles. The second kappa shape index (κ2) is 11.9. The zero-order valence-electron chi connectivity index (χ0n) is 16.3. The van der Waals surface area contributed by atoms with E-state index in [4.69, 9.17) is 4.99 Å². The van der Waals surface area contributed by atoms with E-state index in [1.54, 1.807) is 0 Å². The van der Waals surface area contributed by atoms with Crippen molar-refractivity contribution in [1.82, 2.24) is 20.2 Å². The van der Waals surface area contributed by atoms with Gasteiger partial charge in [0.1, 0.15) is 5.82 Å². The average molecular weight is 469 g/mol. The molecule has 2 rings (SSSR count). The molecule has 1 atom stereocenters. The van der Waals surface area contributed by atoms with Crippen LogP contribution in [0.3, 0.4) is 0 Å². The van der Waals surface area contributed by atoms with Crippen molar-refractivity contribution in [3.05, 3.63) is 54.1 Å². The summed E-state index contributed by atoms with van der Waals surface area (Å²) in [6.45, 7) is 11.1. The summed E-state index contributed by atoms with van der Waals surface area (Å²) in [6.07, 6.45) is 4.73. The molecule has 6 heteroatoms. The Morgan fingerprint density at radius 3 is 2.58 bits per heavy atom. The van der Waals surface area contributed by atoms with Gasteiger partial charge in [-0.25, -0.2) is 4.98 Å².